The molecule has 0 spiro atoms. The number of hydrogen-bond acceptors (Lipinski definition) is 2. The minimum absolute atomic E-state index is 0.159. The summed E-state index contributed by atoms with van der Waals surface area (Å²) in [4.78, 5) is 2.47. The summed E-state index contributed by atoms with van der Waals surface area (Å²) in [6, 6.07) is 54.6. The minimum atomic E-state index is -0.159. The number of anilines is 3. The van der Waals surface area contributed by atoms with Gasteiger partial charge in [0.25, 0.3) is 0 Å². The Morgan fingerprint density at radius 2 is 1.22 bits per heavy atom. The molecule has 0 amide bonds. The summed E-state index contributed by atoms with van der Waals surface area (Å²) in [5.41, 5.74) is 12.7. The van der Waals surface area contributed by atoms with Gasteiger partial charge in [0.2, 0.25) is 0 Å². The topological polar surface area (TPSA) is 16.4 Å². The Morgan fingerprint density at radius 1 is 0.533 bits per heavy atom. The number of furan rings is 1. The Hall–Kier alpha value is -5.60. The highest BCUT2D eigenvalue weighted by molar-refractivity contribution is 6.15. The molecule has 9 rings (SSSR count). The zero-order valence-electron chi connectivity index (χ0n) is 25.3. The fourth-order valence-corrected chi connectivity index (χ4v) is 7.62. The maximum atomic E-state index is 6.43. The number of benzene rings is 7. The van der Waals surface area contributed by atoms with Gasteiger partial charge in [0, 0.05) is 22.1 Å². The molecule has 1 aromatic heterocycles. The lowest BCUT2D eigenvalue weighted by atomic mass is 9.80. The number of para-hydroxylation sites is 1. The van der Waals surface area contributed by atoms with E-state index in [2.05, 4.69) is 164 Å². The van der Waals surface area contributed by atoms with E-state index in [-0.39, 0.29) is 5.41 Å². The standard InChI is InChI=1S/C43H31NO/c1-43(2)35-22-10-8-20-33(35)41-37(27-30-16-6-7-19-32(30)42(41)43)44(31-18-12-17-29(26-31)28-14-4-3-5-15-28)36-23-13-25-39-40(36)34-21-9-11-24-38(34)45-39/h3-27H,1-2H3. The van der Waals surface area contributed by atoms with Crippen molar-refractivity contribution in [1.82, 2.24) is 0 Å². The predicted molar refractivity (Wildman–Crippen MR) is 189 cm³/mol. The van der Waals surface area contributed by atoms with Crippen molar-refractivity contribution in [2.24, 2.45) is 0 Å². The molecular weight excluding hydrogens is 546 g/mol. The van der Waals surface area contributed by atoms with Crippen LogP contribution >= 0.6 is 0 Å². The highest BCUT2D eigenvalue weighted by atomic mass is 16.3. The monoisotopic (exact) mass is 577 g/mol. The van der Waals surface area contributed by atoms with Gasteiger partial charge in [-0.1, -0.05) is 129 Å². The summed E-state index contributed by atoms with van der Waals surface area (Å²) >= 11 is 0. The maximum absolute atomic E-state index is 6.43. The van der Waals surface area contributed by atoms with Crippen LogP contribution in [0.15, 0.2) is 156 Å². The Morgan fingerprint density at radius 3 is 2.11 bits per heavy atom. The van der Waals surface area contributed by atoms with E-state index in [1.54, 1.807) is 0 Å². The molecule has 0 atom stereocenters. The average molecular weight is 578 g/mol. The van der Waals surface area contributed by atoms with Gasteiger partial charge in [0.1, 0.15) is 11.2 Å². The molecule has 0 saturated carbocycles. The van der Waals surface area contributed by atoms with E-state index in [0.29, 0.717) is 0 Å². The van der Waals surface area contributed by atoms with Gasteiger partial charge in [-0.2, -0.15) is 0 Å². The average Bonchev–Trinajstić information content (AvgIpc) is 3.59. The van der Waals surface area contributed by atoms with E-state index in [1.807, 2.05) is 6.07 Å². The third kappa shape index (κ3) is 3.82. The Balaban J connectivity index is 1.43. The van der Waals surface area contributed by atoms with E-state index < -0.39 is 0 Å². The molecule has 7 aromatic carbocycles. The van der Waals surface area contributed by atoms with Crippen molar-refractivity contribution in [2.75, 3.05) is 4.90 Å². The van der Waals surface area contributed by atoms with Crippen molar-refractivity contribution in [3.63, 3.8) is 0 Å². The second-order valence-electron chi connectivity index (χ2n) is 12.5. The summed E-state index contributed by atoms with van der Waals surface area (Å²) in [6.07, 6.45) is 0. The maximum Gasteiger partial charge on any atom is 0.137 e. The second-order valence-corrected chi connectivity index (χ2v) is 12.5. The summed E-state index contributed by atoms with van der Waals surface area (Å²) in [6.45, 7) is 4.75. The molecule has 214 valence electrons. The predicted octanol–water partition coefficient (Wildman–Crippen LogP) is 12.2. The van der Waals surface area contributed by atoms with Gasteiger partial charge in [-0.15, -0.1) is 0 Å². The lowest BCUT2D eigenvalue weighted by Gasteiger charge is -2.31. The molecule has 2 heteroatoms. The highest BCUT2D eigenvalue weighted by Gasteiger charge is 2.39. The van der Waals surface area contributed by atoms with Crippen LogP contribution in [0.25, 0.3) is 55.0 Å². The van der Waals surface area contributed by atoms with Crippen LogP contribution in [0.4, 0.5) is 17.1 Å². The van der Waals surface area contributed by atoms with E-state index in [0.717, 1.165) is 33.3 Å². The largest absolute Gasteiger partial charge is 0.456 e. The molecule has 0 aliphatic heterocycles. The number of rotatable bonds is 4. The molecule has 45 heavy (non-hydrogen) atoms. The van der Waals surface area contributed by atoms with Crippen LogP contribution in [0.5, 0.6) is 0 Å². The number of nitrogens with zero attached hydrogens (tertiary/aromatic N) is 1. The number of fused-ring (bicyclic) bond motifs is 8. The van der Waals surface area contributed by atoms with Gasteiger partial charge in [0.05, 0.1) is 16.8 Å². The lowest BCUT2D eigenvalue weighted by molar-refractivity contribution is 0.666. The summed E-state index contributed by atoms with van der Waals surface area (Å²) in [5, 5.41) is 4.78. The molecule has 0 fully saturated rings. The van der Waals surface area contributed by atoms with Crippen molar-refractivity contribution in [3.05, 3.63) is 163 Å². The van der Waals surface area contributed by atoms with Crippen LogP contribution in [0.1, 0.15) is 25.0 Å². The first-order valence-electron chi connectivity index (χ1n) is 15.6. The second kappa shape index (κ2) is 9.70. The van der Waals surface area contributed by atoms with Crippen molar-refractivity contribution < 1.29 is 4.42 Å². The first-order chi connectivity index (χ1) is 22.1. The van der Waals surface area contributed by atoms with Crippen LogP contribution in [-0.4, -0.2) is 0 Å². The number of hydrogen-bond donors (Lipinski definition) is 0. The fraction of sp³-hybridized carbons (Fsp3) is 0.0698. The van der Waals surface area contributed by atoms with Crippen LogP contribution in [0.3, 0.4) is 0 Å². The van der Waals surface area contributed by atoms with E-state index in [1.165, 1.54) is 49.8 Å². The minimum Gasteiger partial charge on any atom is -0.456 e. The van der Waals surface area contributed by atoms with Crippen LogP contribution in [0, 0.1) is 0 Å². The Labute approximate surface area is 262 Å². The fourth-order valence-electron chi connectivity index (χ4n) is 7.62. The quantitative estimate of drug-likeness (QED) is 0.207. The van der Waals surface area contributed by atoms with Crippen LogP contribution in [-0.2, 0) is 5.41 Å². The van der Waals surface area contributed by atoms with E-state index >= 15 is 0 Å². The smallest absolute Gasteiger partial charge is 0.137 e. The summed E-state index contributed by atoms with van der Waals surface area (Å²) in [7, 11) is 0. The molecule has 0 radical (unpaired) electrons. The van der Waals surface area contributed by atoms with Crippen LogP contribution < -0.4 is 4.90 Å². The Bertz CT molecular complexity index is 2410. The summed E-state index contributed by atoms with van der Waals surface area (Å²) < 4.78 is 6.43. The molecule has 1 heterocycles. The van der Waals surface area contributed by atoms with Gasteiger partial charge >= 0.3 is 0 Å². The normalized spacial score (nSPS) is 13.3. The molecule has 0 unspecified atom stereocenters. The molecule has 0 saturated heterocycles. The SMILES string of the molecule is CC1(C)c2ccccc2-c2c(N(c3cccc(-c4ccccc4)c3)c3cccc4oc5ccccc5c34)cc3ccccc3c21. The molecule has 0 bridgehead atoms. The molecule has 1 aliphatic rings. The van der Waals surface area contributed by atoms with Crippen molar-refractivity contribution >= 4 is 49.8 Å². The van der Waals surface area contributed by atoms with Crippen molar-refractivity contribution in [2.45, 2.75) is 19.3 Å². The molecule has 1 aliphatic carbocycles. The van der Waals surface area contributed by atoms with Gasteiger partial charge in [-0.05, 0) is 75.0 Å². The molecule has 0 N–H and O–H groups in total. The van der Waals surface area contributed by atoms with Gasteiger partial charge in [-0.3, -0.25) is 0 Å². The zero-order chi connectivity index (χ0) is 30.1. The molecule has 8 aromatic rings. The van der Waals surface area contributed by atoms with Crippen molar-refractivity contribution in [1.29, 1.82) is 0 Å². The van der Waals surface area contributed by atoms with Gasteiger partial charge < -0.3 is 9.32 Å². The third-order valence-electron chi connectivity index (χ3n) is 9.60. The highest BCUT2D eigenvalue weighted by Crippen LogP contribution is 2.57. The zero-order valence-corrected chi connectivity index (χ0v) is 25.3. The van der Waals surface area contributed by atoms with Crippen molar-refractivity contribution in [3.8, 4) is 22.3 Å². The third-order valence-corrected chi connectivity index (χ3v) is 9.60. The lowest BCUT2D eigenvalue weighted by Crippen LogP contribution is -2.17. The first kappa shape index (κ1) is 25.9. The Kier molecular flexibility index (Phi) is 5.58. The van der Waals surface area contributed by atoms with Gasteiger partial charge in [-0.25, -0.2) is 0 Å². The first-order valence-corrected chi connectivity index (χ1v) is 15.6. The van der Waals surface area contributed by atoms with E-state index in [9.17, 15) is 0 Å². The molecule has 2 nitrogen and oxygen atoms in total. The van der Waals surface area contributed by atoms with Gasteiger partial charge in [0.15, 0.2) is 0 Å². The molecular formula is C43H31NO. The van der Waals surface area contributed by atoms with Crippen LogP contribution in [0.2, 0.25) is 0 Å². The van der Waals surface area contributed by atoms with E-state index in [4.69, 9.17) is 4.42 Å². The summed E-state index contributed by atoms with van der Waals surface area (Å²) in [5.74, 6) is 0.